The molecule has 9 heteroatoms. The fraction of sp³-hybridized carbons (Fsp3) is 0.524. The maximum Gasteiger partial charge on any atom is 0.228 e. The van der Waals surface area contributed by atoms with Crippen molar-refractivity contribution in [1.29, 1.82) is 0 Å². The van der Waals surface area contributed by atoms with Gasteiger partial charge in [0.15, 0.2) is 5.82 Å². The number of nitrogens with two attached hydrogens (primary N) is 1. The van der Waals surface area contributed by atoms with Crippen molar-refractivity contribution in [2.45, 2.75) is 31.2 Å². The smallest absolute Gasteiger partial charge is 0.228 e. The van der Waals surface area contributed by atoms with Crippen LogP contribution < -0.4 is 20.9 Å². The number of benzene rings is 1. The molecule has 0 saturated carbocycles. The van der Waals surface area contributed by atoms with E-state index in [0.717, 1.165) is 48.2 Å². The number of hydrogen-bond acceptors (Lipinski definition) is 7. The summed E-state index contributed by atoms with van der Waals surface area (Å²) < 4.78 is 12.6. The maximum atomic E-state index is 12.6. The molecule has 2 aliphatic rings. The Morgan fingerprint density at radius 1 is 1.13 bits per heavy atom. The van der Waals surface area contributed by atoms with Crippen molar-refractivity contribution in [1.82, 2.24) is 9.97 Å². The van der Waals surface area contributed by atoms with Crippen LogP contribution in [-0.2, 0) is 17.6 Å². The molecule has 1 aromatic carbocycles. The van der Waals surface area contributed by atoms with Gasteiger partial charge in [0, 0.05) is 55.9 Å². The lowest BCUT2D eigenvalue weighted by Gasteiger charge is -2.36. The van der Waals surface area contributed by atoms with E-state index in [1.165, 1.54) is 5.69 Å². The highest BCUT2D eigenvalue weighted by Gasteiger charge is 2.34. The first kappa shape index (κ1) is 21.5. The molecule has 2 aliphatic heterocycles. The van der Waals surface area contributed by atoms with E-state index in [9.17, 15) is 4.55 Å². The number of nitrogens with one attached hydrogen (secondary N) is 1. The summed E-state index contributed by atoms with van der Waals surface area (Å²) in [7, 11) is 0. The summed E-state index contributed by atoms with van der Waals surface area (Å²) in [5, 5.41) is 4.21. The van der Waals surface area contributed by atoms with Gasteiger partial charge in [-0.3, -0.25) is 0 Å². The SMILES string of the molecule is CC(C)[C@H](CN)Nc1nc(N2CCN(c3ccc(Cl)cc3)CC2)nc2c1[S+]([O-])CC2. The third-order valence-corrected chi connectivity index (χ3v) is 7.52. The highest BCUT2D eigenvalue weighted by molar-refractivity contribution is 7.91. The number of aromatic nitrogens is 2. The van der Waals surface area contributed by atoms with Crippen LogP contribution in [0.25, 0.3) is 0 Å². The molecule has 0 amide bonds. The number of halogens is 1. The summed E-state index contributed by atoms with van der Waals surface area (Å²) in [6.07, 6.45) is 0.728. The Balaban J connectivity index is 1.53. The van der Waals surface area contributed by atoms with E-state index in [0.29, 0.717) is 30.0 Å². The first-order valence-electron chi connectivity index (χ1n) is 10.5. The van der Waals surface area contributed by atoms with Crippen molar-refractivity contribution in [2.24, 2.45) is 11.7 Å². The third-order valence-electron chi connectivity index (χ3n) is 5.81. The fourth-order valence-electron chi connectivity index (χ4n) is 3.91. The Kier molecular flexibility index (Phi) is 6.57. The van der Waals surface area contributed by atoms with Gasteiger partial charge < -0.3 is 25.4 Å². The van der Waals surface area contributed by atoms with Gasteiger partial charge in [0.1, 0.15) is 11.4 Å². The molecule has 1 fully saturated rings. The zero-order valence-corrected chi connectivity index (χ0v) is 19.0. The number of fused-ring (bicyclic) bond motifs is 1. The molecule has 0 bridgehead atoms. The lowest BCUT2D eigenvalue weighted by atomic mass is 10.0. The fourth-order valence-corrected chi connectivity index (χ4v) is 5.35. The molecular formula is C21H29ClN6OS. The highest BCUT2D eigenvalue weighted by atomic mass is 35.5. The molecule has 162 valence electrons. The van der Waals surface area contributed by atoms with Crippen molar-refractivity contribution in [2.75, 3.05) is 53.6 Å². The zero-order chi connectivity index (χ0) is 21.3. The Morgan fingerprint density at radius 2 is 1.80 bits per heavy atom. The van der Waals surface area contributed by atoms with E-state index in [4.69, 9.17) is 27.3 Å². The van der Waals surface area contributed by atoms with E-state index < -0.39 is 11.2 Å². The van der Waals surface area contributed by atoms with E-state index in [-0.39, 0.29) is 6.04 Å². The van der Waals surface area contributed by atoms with E-state index >= 15 is 0 Å². The molecule has 2 aromatic rings. The van der Waals surface area contributed by atoms with Crippen LogP contribution in [0.3, 0.4) is 0 Å². The zero-order valence-electron chi connectivity index (χ0n) is 17.5. The Hall–Kier alpha value is -1.74. The Labute approximate surface area is 186 Å². The molecule has 0 radical (unpaired) electrons. The molecule has 4 rings (SSSR count). The van der Waals surface area contributed by atoms with Gasteiger partial charge in [-0.05, 0) is 41.4 Å². The Morgan fingerprint density at radius 3 is 2.43 bits per heavy atom. The van der Waals surface area contributed by atoms with Gasteiger partial charge in [0.05, 0.1) is 0 Å². The quantitative estimate of drug-likeness (QED) is 0.655. The highest BCUT2D eigenvalue weighted by Crippen LogP contribution is 2.33. The third kappa shape index (κ3) is 4.46. The van der Waals surface area contributed by atoms with Gasteiger partial charge in [0.2, 0.25) is 10.8 Å². The topological polar surface area (TPSA) is 93.4 Å². The lowest BCUT2D eigenvalue weighted by molar-refractivity contribution is 0.527. The standard InChI is InChI=1S/C21H29ClN6OS/c1-14(2)18(13-23)24-20-19-17(7-12-30(19)29)25-21(26-20)28-10-8-27(9-11-28)16-5-3-15(22)4-6-16/h3-6,14,18H,7-13,23H2,1-2H3,(H,24,25,26)/t18-,30?/m0/s1. The van der Waals surface area contributed by atoms with Crippen LogP contribution in [0, 0.1) is 5.92 Å². The number of piperazine rings is 1. The molecule has 30 heavy (non-hydrogen) atoms. The molecule has 7 nitrogen and oxygen atoms in total. The number of nitrogens with zero attached hydrogens (tertiary/aromatic N) is 4. The molecule has 1 unspecified atom stereocenters. The Bertz CT molecular complexity index is 873. The first-order chi connectivity index (χ1) is 14.5. The lowest BCUT2D eigenvalue weighted by Crippen LogP contribution is -2.47. The largest absolute Gasteiger partial charge is 0.611 e. The first-order valence-corrected chi connectivity index (χ1v) is 12.2. The minimum Gasteiger partial charge on any atom is -0.611 e. The average molecular weight is 449 g/mol. The second-order valence-electron chi connectivity index (χ2n) is 8.13. The van der Waals surface area contributed by atoms with Crippen molar-refractivity contribution >= 4 is 40.2 Å². The monoisotopic (exact) mass is 448 g/mol. The summed E-state index contributed by atoms with van der Waals surface area (Å²) in [6.45, 7) is 8.17. The van der Waals surface area contributed by atoms with E-state index in [1.54, 1.807) is 0 Å². The number of aryl methyl sites for hydroxylation is 1. The molecule has 3 N–H and O–H groups in total. The van der Waals surface area contributed by atoms with Crippen LogP contribution in [-0.4, -0.2) is 59.0 Å². The molecular weight excluding hydrogens is 420 g/mol. The second-order valence-corrected chi connectivity index (χ2v) is 10.1. The number of anilines is 3. The van der Waals surface area contributed by atoms with Gasteiger partial charge in [-0.1, -0.05) is 25.4 Å². The predicted octanol–water partition coefficient (Wildman–Crippen LogP) is 2.52. The summed E-state index contributed by atoms with van der Waals surface area (Å²) in [6, 6.07) is 8.04. The van der Waals surface area contributed by atoms with E-state index in [1.807, 2.05) is 12.1 Å². The van der Waals surface area contributed by atoms with Crippen molar-refractivity contribution in [3.05, 3.63) is 35.0 Å². The molecule has 1 aromatic heterocycles. The minimum absolute atomic E-state index is 0.0798. The number of rotatable bonds is 6. The normalized spacial score (nSPS) is 19.9. The van der Waals surface area contributed by atoms with Gasteiger partial charge in [0.25, 0.3) is 0 Å². The average Bonchev–Trinajstić information content (AvgIpc) is 3.13. The minimum atomic E-state index is -1.05. The van der Waals surface area contributed by atoms with Crippen molar-refractivity contribution in [3.63, 3.8) is 0 Å². The van der Waals surface area contributed by atoms with E-state index in [2.05, 4.69) is 41.1 Å². The molecule has 0 spiro atoms. The van der Waals surface area contributed by atoms with Crippen LogP contribution in [0.2, 0.25) is 5.02 Å². The van der Waals surface area contributed by atoms with Gasteiger partial charge in [-0.25, -0.2) is 4.98 Å². The molecule has 2 atom stereocenters. The predicted molar refractivity (Wildman–Crippen MR) is 124 cm³/mol. The van der Waals surface area contributed by atoms with Crippen LogP contribution >= 0.6 is 11.6 Å². The van der Waals surface area contributed by atoms with Crippen molar-refractivity contribution < 1.29 is 4.55 Å². The van der Waals surface area contributed by atoms with Crippen molar-refractivity contribution in [3.8, 4) is 0 Å². The summed E-state index contributed by atoms with van der Waals surface area (Å²) in [5.74, 6) is 2.36. The maximum absolute atomic E-state index is 12.6. The van der Waals surface area contributed by atoms with Gasteiger partial charge in [-0.15, -0.1) is 0 Å². The molecule has 1 saturated heterocycles. The van der Waals surface area contributed by atoms with Crippen LogP contribution in [0.4, 0.5) is 17.5 Å². The second kappa shape index (κ2) is 9.18. The van der Waals surface area contributed by atoms with Crippen LogP contribution in [0.5, 0.6) is 0 Å². The summed E-state index contributed by atoms with van der Waals surface area (Å²) in [5.41, 5.74) is 8.03. The number of hydrogen-bond donors (Lipinski definition) is 2. The van der Waals surface area contributed by atoms with Crippen LogP contribution in [0.1, 0.15) is 19.5 Å². The van der Waals surface area contributed by atoms with Gasteiger partial charge in [-0.2, -0.15) is 4.98 Å². The molecule has 0 aliphatic carbocycles. The summed E-state index contributed by atoms with van der Waals surface area (Å²) >= 11 is 4.96. The van der Waals surface area contributed by atoms with Crippen LogP contribution in [0.15, 0.2) is 29.2 Å². The van der Waals surface area contributed by atoms with Gasteiger partial charge >= 0.3 is 0 Å². The summed E-state index contributed by atoms with van der Waals surface area (Å²) in [4.78, 5) is 14.9. The molecule has 3 heterocycles.